The van der Waals surface area contributed by atoms with Crippen LogP contribution in [0.5, 0.6) is 23.5 Å². The molecule has 8 aromatic rings. The number of hydrogen-bond acceptors (Lipinski definition) is 16. The lowest BCUT2D eigenvalue weighted by Crippen LogP contribution is -2.61. The van der Waals surface area contributed by atoms with Crippen molar-refractivity contribution in [2.24, 2.45) is 0 Å². The van der Waals surface area contributed by atoms with Gasteiger partial charge in [0.15, 0.2) is 0 Å². The number of benzene rings is 6. The number of carbonyl (C=O) groups is 12. The van der Waals surface area contributed by atoms with Crippen LogP contribution in [0.15, 0.2) is 97.1 Å². The molecular formula is C105H130N10O16. The Balaban J connectivity index is 0.838. The molecule has 4 unspecified atom stereocenters. The molecule has 12 amide bonds. The molecule has 26 nitrogen and oxygen atoms in total. The highest BCUT2D eigenvalue weighted by Gasteiger charge is 2.52. The van der Waals surface area contributed by atoms with E-state index in [0.29, 0.717) is 130 Å². The van der Waals surface area contributed by atoms with Crippen LogP contribution in [0.2, 0.25) is 0 Å². The summed E-state index contributed by atoms with van der Waals surface area (Å²) in [7, 11) is 0. The summed E-state index contributed by atoms with van der Waals surface area (Å²) < 4.78 is 2.63. The van der Waals surface area contributed by atoms with Crippen molar-refractivity contribution >= 4 is 105 Å². The lowest BCUT2D eigenvalue weighted by Gasteiger charge is -2.45. The molecular weight excluding hydrogens is 1660 g/mol. The van der Waals surface area contributed by atoms with E-state index in [2.05, 4.69) is 0 Å². The van der Waals surface area contributed by atoms with Gasteiger partial charge < -0.3 is 40.0 Å². The SMILES string of the molecule is CCc1cc(Cc2cc(CC)c(N3C(=O)CC(N(CC(C)(CC)N(C(C)=O)c4cc(O)n(-c5c(CC)cc(Cc6cc(CC)c(-n7c(O)cc(N(CC(C)(CC)N(C(C)=O)C8CC(=O)N(c9c(CC)cc(Cc%10cc(CC)c(N%11C(=O)C=CC%11=O)c(CC)c%10)cc9CC)C8=O)C(C)=O)c7O)c(CC)c6)cc5CC)c4O)C(C)=O)C3=O)c(CC)c2)cc(CC)c1N(C(C)=O)C(C)=O. The lowest BCUT2D eigenvalue weighted by atomic mass is 9.91. The number of hydrogen-bond donors (Lipinski definition) is 4. The fourth-order valence-electron chi connectivity index (χ4n) is 20.4. The predicted octanol–water partition coefficient (Wildman–Crippen LogP) is 16.3. The van der Waals surface area contributed by atoms with Crippen LogP contribution in [0, 0.1) is 0 Å². The molecule has 0 spiro atoms. The van der Waals surface area contributed by atoms with Crippen LogP contribution in [0.25, 0.3) is 11.4 Å². The number of carbonyl (C=O) groups excluding carboxylic acids is 12. The van der Waals surface area contributed by atoms with Crippen LogP contribution in [-0.4, -0.2) is 146 Å². The molecule has 2 saturated heterocycles. The summed E-state index contributed by atoms with van der Waals surface area (Å²) in [6, 6.07) is 24.2. The third kappa shape index (κ3) is 18.7. The van der Waals surface area contributed by atoms with Gasteiger partial charge in [-0.25, -0.2) is 23.8 Å². The maximum Gasteiger partial charge on any atom is 0.258 e. The van der Waals surface area contributed by atoms with E-state index >= 15 is 9.59 Å². The molecule has 0 radical (unpaired) electrons. The first-order valence-electron chi connectivity index (χ1n) is 46.6. The number of anilines is 6. The zero-order chi connectivity index (χ0) is 96.3. The quantitative estimate of drug-likeness (QED) is 0.0265. The van der Waals surface area contributed by atoms with Gasteiger partial charge in [0.1, 0.15) is 23.5 Å². The van der Waals surface area contributed by atoms with E-state index in [1.807, 2.05) is 170 Å². The monoisotopic (exact) mass is 1790 g/mol. The average molecular weight is 1790 g/mol. The van der Waals surface area contributed by atoms with E-state index < -0.39 is 82.2 Å². The van der Waals surface area contributed by atoms with Gasteiger partial charge in [-0.1, -0.05) is 170 Å². The van der Waals surface area contributed by atoms with Crippen molar-refractivity contribution in [2.75, 3.05) is 42.5 Å². The van der Waals surface area contributed by atoms with Crippen molar-refractivity contribution in [1.29, 1.82) is 0 Å². The number of aromatic nitrogens is 2. The molecule has 4 N–H and O–H groups in total. The zero-order valence-electron chi connectivity index (χ0n) is 80.4. The Hall–Kier alpha value is -12.7. The standard InChI is InChI=1S/C105H130N10O16/c1-23-72-42-66(43-73(24-2)94(72)108(62(17)118)63(18)119)39-68-46-76(27-5)96(77(28-6)47-68)110-90(124)54-84(100(110)128)106(60(15)116)58-105(22,36-14)115(65(20)121)87-57-93(127)113(103(87)131)99-82(33-11)52-71(53-83(99)34-12)41-70-48-78(29-7)97(79(30-8)49-70)111-91(125)55-85(101(111)129)107(61(16)117)59-104(21,35-13)114(64(19)120)86-56-92(126)112(102(86)130)98-80(31-9)50-69(51-81(98)32-10)40-67-44-74(25-3)95(75(26-4)45-67)109-88(122)37-38-89(109)123/h37-38,42-53,55,57,84,86,125,127,129,131H,23-36,39-41,54,56,58-59H2,1-22H3. The molecule has 4 atom stereocenters. The van der Waals surface area contributed by atoms with E-state index in [4.69, 9.17) is 0 Å². The number of rotatable bonds is 36. The molecule has 3 aliphatic rings. The number of imide groups is 4. The molecule has 131 heavy (non-hydrogen) atoms. The highest BCUT2D eigenvalue weighted by atomic mass is 16.3. The predicted molar refractivity (Wildman–Crippen MR) is 511 cm³/mol. The zero-order valence-corrected chi connectivity index (χ0v) is 80.4. The molecule has 6 aromatic carbocycles. The average Bonchev–Trinajstić information content (AvgIpc) is 1.61. The van der Waals surface area contributed by atoms with Crippen LogP contribution < -0.4 is 29.4 Å². The van der Waals surface area contributed by atoms with Crippen molar-refractivity contribution in [3.8, 4) is 34.9 Å². The van der Waals surface area contributed by atoms with Gasteiger partial charge in [-0.05, 0) is 223 Å². The van der Waals surface area contributed by atoms with Gasteiger partial charge in [0, 0.05) is 78.9 Å². The molecule has 0 bridgehead atoms. The summed E-state index contributed by atoms with van der Waals surface area (Å²) in [4.78, 5) is 179. The van der Waals surface area contributed by atoms with Gasteiger partial charge in [0.25, 0.3) is 23.6 Å². The topological polar surface area (TPSA) is 322 Å². The van der Waals surface area contributed by atoms with Crippen molar-refractivity contribution in [1.82, 2.24) is 18.9 Å². The minimum absolute atomic E-state index is 0.0565. The fourth-order valence-corrected chi connectivity index (χ4v) is 20.4. The maximum absolute atomic E-state index is 15.3. The smallest absolute Gasteiger partial charge is 0.258 e. The Morgan fingerprint density at radius 1 is 0.344 bits per heavy atom. The van der Waals surface area contributed by atoms with Crippen LogP contribution in [0.1, 0.15) is 278 Å². The molecule has 696 valence electrons. The number of amides is 12. The second kappa shape index (κ2) is 40.3. The van der Waals surface area contributed by atoms with Crippen LogP contribution in [0.3, 0.4) is 0 Å². The Morgan fingerprint density at radius 2 is 0.641 bits per heavy atom. The molecule has 11 rings (SSSR count). The van der Waals surface area contributed by atoms with Gasteiger partial charge in [-0.3, -0.25) is 62.4 Å². The van der Waals surface area contributed by atoms with Crippen molar-refractivity contribution in [2.45, 2.75) is 297 Å². The number of nitrogens with zero attached hydrogens (tertiary/aromatic N) is 10. The van der Waals surface area contributed by atoms with E-state index in [1.54, 1.807) is 13.8 Å². The Labute approximate surface area is 769 Å². The van der Waals surface area contributed by atoms with E-state index in [9.17, 15) is 68.4 Å². The minimum atomic E-state index is -1.37. The Morgan fingerprint density at radius 3 is 0.939 bits per heavy atom. The van der Waals surface area contributed by atoms with Crippen molar-refractivity contribution < 1.29 is 78.0 Å². The molecule has 2 fully saturated rings. The third-order valence-electron chi connectivity index (χ3n) is 27.0. The maximum atomic E-state index is 15.3. The Bertz CT molecular complexity index is 5780. The highest BCUT2D eigenvalue weighted by Crippen LogP contribution is 2.48. The molecule has 26 heteroatoms. The highest BCUT2D eigenvalue weighted by molar-refractivity contribution is 6.29. The van der Waals surface area contributed by atoms with Crippen molar-refractivity contribution in [3.05, 3.63) is 197 Å². The van der Waals surface area contributed by atoms with Gasteiger partial charge in [-0.15, -0.1) is 0 Å². The van der Waals surface area contributed by atoms with E-state index in [-0.39, 0.29) is 85.5 Å². The normalized spacial score (nSPS) is 15.5. The summed E-state index contributed by atoms with van der Waals surface area (Å²) >= 11 is 0. The first-order chi connectivity index (χ1) is 62.1. The molecule has 0 saturated carbocycles. The minimum Gasteiger partial charge on any atom is -0.494 e. The summed E-state index contributed by atoms with van der Waals surface area (Å²) in [5, 5.41) is 49.8. The van der Waals surface area contributed by atoms with E-state index in [1.165, 1.54) is 114 Å². The summed E-state index contributed by atoms with van der Waals surface area (Å²) in [5.74, 6) is -7.54. The fraction of sp³-hybridized carbons (Fsp3) is 0.448. The second-order valence-electron chi connectivity index (χ2n) is 35.4. The van der Waals surface area contributed by atoms with Crippen molar-refractivity contribution in [3.63, 3.8) is 0 Å². The van der Waals surface area contributed by atoms with Gasteiger partial charge in [0.05, 0.1) is 58.0 Å². The number of aromatic hydroxyl groups is 4. The molecule has 2 aromatic heterocycles. The third-order valence-corrected chi connectivity index (χ3v) is 27.0. The first kappa shape index (κ1) is 98.8. The lowest BCUT2D eigenvalue weighted by molar-refractivity contribution is -0.143. The molecule has 0 aliphatic carbocycles. The van der Waals surface area contributed by atoms with Gasteiger partial charge in [0.2, 0.25) is 70.8 Å². The van der Waals surface area contributed by atoms with Crippen LogP contribution in [-0.2, 0) is 154 Å². The molecule has 5 heterocycles. The van der Waals surface area contributed by atoms with Gasteiger partial charge in [-0.2, -0.15) is 0 Å². The summed E-state index contributed by atoms with van der Waals surface area (Å²) in [5.41, 5.74) is 15.3. The van der Waals surface area contributed by atoms with Crippen LogP contribution >= 0.6 is 0 Å². The molecule has 3 aliphatic heterocycles. The first-order valence-corrected chi connectivity index (χ1v) is 46.6. The van der Waals surface area contributed by atoms with Crippen LogP contribution in [0.4, 0.5) is 34.1 Å². The largest absolute Gasteiger partial charge is 0.494 e. The second-order valence-corrected chi connectivity index (χ2v) is 35.4. The summed E-state index contributed by atoms with van der Waals surface area (Å²) in [6.45, 7) is 38.1. The Kier molecular flexibility index (Phi) is 30.4. The van der Waals surface area contributed by atoms with Gasteiger partial charge >= 0.3 is 0 Å². The van der Waals surface area contributed by atoms with E-state index in [0.717, 1.165) is 100 Å². The number of aryl methyl sites for hydroxylation is 12. The summed E-state index contributed by atoms with van der Waals surface area (Å²) in [6.07, 6.45) is 9.38.